The van der Waals surface area contributed by atoms with Crippen LogP contribution in [0.1, 0.15) is 35.4 Å². The molecule has 1 saturated carbocycles. The third kappa shape index (κ3) is 3.77. The monoisotopic (exact) mass is 482 g/mol. The molecule has 0 radical (unpaired) electrons. The minimum atomic E-state index is -1.58. The Kier molecular flexibility index (Phi) is 6.97. The number of ketones is 2. The number of piperazine rings is 1. The Morgan fingerprint density at radius 3 is 2.65 bits per heavy atom. The van der Waals surface area contributed by atoms with Crippen LogP contribution in [0.4, 0.5) is 10.5 Å². The Hall–Kier alpha value is -2.88. The first-order valence-electron chi connectivity index (χ1n) is 11.4. The Morgan fingerprint density at radius 2 is 1.97 bits per heavy atom. The van der Waals surface area contributed by atoms with E-state index in [1.54, 1.807) is 30.0 Å². The maximum absolute atomic E-state index is 14.3. The highest BCUT2D eigenvalue weighted by Gasteiger charge is 2.65. The second-order valence-corrected chi connectivity index (χ2v) is 9.46. The number of hydrogen-bond acceptors (Lipinski definition) is 7. The number of hydrogen-bond donors (Lipinski definition) is 4. The van der Waals surface area contributed by atoms with E-state index in [0.717, 1.165) is 21.6 Å². The number of amides is 2. The molecule has 9 heteroatoms. The molecule has 3 atom stereocenters. The fourth-order valence-electron chi connectivity index (χ4n) is 5.32. The lowest BCUT2D eigenvalue weighted by atomic mass is 9.81. The second-order valence-electron chi connectivity index (χ2n) is 8.58. The lowest BCUT2D eigenvalue weighted by Gasteiger charge is -2.42. The number of thioether (sulfide) groups is 1. The van der Waals surface area contributed by atoms with Crippen LogP contribution in [0.25, 0.3) is 0 Å². The van der Waals surface area contributed by atoms with Crippen LogP contribution in [0.15, 0.2) is 47.4 Å². The number of nitrogens with one attached hydrogen (secondary N) is 3. The predicted octanol–water partition coefficient (Wildman–Crippen LogP) is 2.77. The highest BCUT2D eigenvalue weighted by atomic mass is 32.2. The van der Waals surface area contributed by atoms with Gasteiger partial charge in [-0.2, -0.15) is 0 Å². The van der Waals surface area contributed by atoms with Crippen molar-refractivity contribution in [3.63, 3.8) is 0 Å². The molecule has 1 aliphatic carbocycles. The van der Waals surface area contributed by atoms with E-state index in [4.69, 9.17) is 0 Å². The van der Waals surface area contributed by atoms with E-state index < -0.39 is 23.4 Å². The topological polar surface area (TPSA) is 111 Å². The summed E-state index contributed by atoms with van der Waals surface area (Å²) in [7, 11) is 1.51. The first kappa shape index (κ1) is 24.3. The standard InChI is InChI=1S/C25H30N4O4S/c1-4-15-12-17(28-33)8-9-19(15)21-20(16-6-5-7-18(13-16)34-3)22(30)25(23(21)31)14-27-10-11-29(25)24(32)26-2/h5-9,12-13,20-21,27-28,33H,4,10-11,14H2,1-3H3,(H,26,32)/t20-,21+,25-/m0/s1. The highest BCUT2D eigenvalue weighted by Crippen LogP contribution is 2.49. The Labute approximate surface area is 203 Å². The molecule has 8 nitrogen and oxygen atoms in total. The molecule has 0 unspecified atom stereocenters. The molecule has 0 bridgehead atoms. The molecule has 1 saturated heterocycles. The maximum Gasteiger partial charge on any atom is 0.318 e. The van der Waals surface area contributed by atoms with Gasteiger partial charge in [0.2, 0.25) is 0 Å². The van der Waals surface area contributed by atoms with Crippen LogP contribution < -0.4 is 16.1 Å². The van der Waals surface area contributed by atoms with Crippen LogP contribution >= 0.6 is 11.8 Å². The average Bonchev–Trinajstić information content (AvgIpc) is 3.10. The molecule has 1 spiro atoms. The van der Waals surface area contributed by atoms with Crippen LogP contribution in [0.2, 0.25) is 0 Å². The third-order valence-corrected chi connectivity index (χ3v) is 7.69. The van der Waals surface area contributed by atoms with Gasteiger partial charge in [0.15, 0.2) is 17.1 Å². The lowest BCUT2D eigenvalue weighted by Crippen LogP contribution is -2.70. The van der Waals surface area contributed by atoms with Gasteiger partial charge in [-0.25, -0.2) is 4.79 Å². The molecule has 4 N–H and O–H groups in total. The molecule has 1 aliphatic heterocycles. The number of anilines is 1. The molecular weight excluding hydrogens is 452 g/mol. The van der Waals surface area contributed by atoms with Crippen molar-refractivity contribution in [2.24, 2.45) is 0 Å². The fraction of sp³-hybridized carbons (Fsp3) is 0.400. The smallest absolute Gasteiger partial charge is 0.318 e. The van der Waals surface area contributed by atoms with Gasteiger partial charge < -0.3 is 15.5 Å². The van der Waals surface area contributed by atoms with Crippen molar-refractivity contribution in [3.8, 4) is 0 Å². The third-order valence-electron chi connectivity index (χ3n) is 6.97. The van der Waals surface area contributed by atoms with Gasteiger partial charge in [-0.15, -0.1) is 11.8 Å². The molecule has 4 rings (SSSR count). The van der Waals surface area contributed by atoms with Crippen molar-refractivity contribution in [1.29, 1.82) is 0 Å². The summed E-state index contributed by atoms with van der Waals surface area (Å²) in [6, 6.07) is 12.6. The van der Waals surface area contributed by atoms with E-state index >= 15 is 0 Å². The second kappa shape index (κ2) is 9.77. The Balaban J connectivity index is 1.94. The quantitative estimate of drug-likeness (QED) is 0.295. The van der Waals surface area contributed by atoms with Crippen molar-refractivity contribution in [2.75, 3.05) is 38.4 Å². The molecule has 2 aromatic carbocycles. The molecule has 0 aromatic heterocycles. The van der Waals surface area contributed by atoms with E-state index in [9.17, 15) is 19.6 Å². The summed E-state index contributed by atoms with van der Waals surface area (Å²) in [6.07, 6.45) is 2.58. The highest BCUT2D eigenvalue weighted by molar-refractivity contribution is 7.98. The SMILES string of the molecule is CCc1cc(NO)ccc1[C@H]1C(=O)[C@]2(CNCCN2C(=O)NC)C(=O)[C@H]1c1cccc(SC)c1. The van der Waals surface area contributed by atoms with Gasteiger partial charge in [0.05, 0.1) is 17.5 Å². The van der Waals surface area contributed by atoms with Gasteiger partial charge in [-0.05, 0) is 53.6 Å². The minimum absolute atomic E-state index is 0.0883. The van der Waals surface area contributed by atoms with E-state index in [-0.39, 0.29) is 24.7 Å². The average molecular weight is 483 g/mol. The zero-order chi connectivity index (χ0) is 24.5. The number of carbonyl (C=O) groups excluding carboxylic acids is 3. The number of rotatable bonds is 5. The first-order chi connectivity index (χ1) is 16.4. The molecule has 2 fully saturated rings. The molecule has 180 valence electrons. The van der Waals surface area contributed by atoms with Gasteiger partial charge in [0.1, 0.15) is 0 Å². The van der Waals surface area contributed by atoms with Crippen molar-refractivity contribution >= 4 is 35.0 Å². The van der Waals surface area contributed by atoms with Crippen molar-refractivity contribution < 1.29 is 19.6 Å². The van der Waals surface area contributed by atoms with Gasteiger partial charge in [-0.3, -0.25) is 20.3 Å². The van der Waals surface area contributed by atoms with Crippen LogP contribution in [-0.2, 0) is 16.0 Å². The van der Waals surface area contributed by atoms with Gasteiger partial charge in [-0.1, -0.05) is 25.1 Å². The molecule has 2 amide bonds. The number of benzene rings is 2. The molecule has 2 aliphatic rings. The maximum atomic E-state index is 14.3. The predicted molar refractivity (Wildman–Crippen MR) is 132 cm³/mol. The van der Waals surface area contributed by atoms with Crippen LogP contribution in [0, 0.1) is 0 Å². The normalized spacial score (nSPS) is 24.5. The van der Waals surface area contributed by atoms with Crippen molar-refractivity contribution in [2.45, 2.75) is 35.6 Å². The van der Waals surface area contributed by atoms with E-state index in [1.165, 1.54) is 11.9 Å². The van der Waals surface area contributed by atoms with Crippen molar-refractivity contribution in [1.82, 2.24) is 15.5 Å². The fourth-order valence-corrected chi connectivity index (χ4v) is 5.79. The molecule has 1 heterocycles. The summed E-state index contributed by atoms with van der Waals surface area (Å²) in [5.41, 5.74) is 3.47. The number of nitrogens with zero attached hydrogens (tertiary/aromatic N) is 1. The van der Waals surface area contributed by atoms with Crippen LogP contribution in [0.3, 0.4) is 0 Å². The van der Waals surface area contributed by atoms with Crippen LogP contribution in [-0.4, -0.2) is 66.2 Å². The van der Waals surface area contributed by atoms with E-state index in [2.05, 4.69) is 16.1 Å². The summed E-state index contributed by atoms with van der Waals surface area (Å²) >= 11 is 1.57. The number of carbonyl (C=O) groups is 3. The minimum Gasteiger partial charge on any atom is -0.341 e. The summed E-state index contributed by atoms with van der Waals surface area (Å²) < 4.78 is 0. The first-order valence-corrected chi connectivity index (χ1v) is 12.6. The number of urea groups is 1. The van der Waals surface area contributed by atoms with Gasteiger partial charge in [0.25, 0.3) is 0 Å². The van der Waals surface area contributed by atoms with Crippen LogP contribution in [0.5, 0.6) is 0 Å². The molecule has 34 heavy (non-hydrogen) atoms. The molecular formula is C25H30N4O4S. The lowest BCUT2D eigenvalue weighted by molar-refractivity contribution is -0.137. The van der Waals surface area contributed by atoms with Gasteiger partial charge in [0, 0.05) is 31.6 Å². The summed E-state index contributed by atoms with van der Waals surface area (Å²) in [5.74, 6) is -2.01. The Bertz CT molecular complexity index is 1120. The summed E-state index contributed by atoms with van der Waals surface area (Å²) in [6.45, 7) is 2.82. The van der Waals surface area contributed by atoms with Gasteiger partial charge >= 0.3 is 6.03 Å². The summed E-state index contributed by atoms with van der Waals surface area (Å²) in [5, 5.41) is 15.2. The summed E-state index contributed by atoms with van der Waals surface area (Å²) in [4.78, 5) is 43.9. The number of aryl methyl sites for hydroxylation is 1. The largest absolute Gasteiger partial charge is 0.341 e. The van der Waals surface area contributed by atoms with E-state index in [0.29, 0.717) is 18.7 Å². The van der Waals surface area contributed by atoms with E-state index in [1.807, 2.05) is 37.4 Å². The zero-order valence-electron chi connectivity index (χ0n) is 19.6. The Morgan fingerprint density at radius 1 is 1.21 bits per heavy atom. The number of Topliss-reactive ketones (excluding diaryl/α,β-unsaturated/α-hetero) is 2. The molecule has 2 aromatic rings. The zero-order valence-corrected chi connectivity index (χ0v) is 20.4. The van der Waals surface area contributed by atoms with Crippen molar-refractivity contribution in [3.05, 3.63) is 59.2 Å².